The van der Waals surface area contributed by atoms with Crippen LogP contribution in [0.4, 0.5) is 0 Å². The molecule has 3 fully saturated rings. The normalized spacial score (nSPS) is 35.3. The van der Waals surface area contributed by atoms with E-state index in [9.17, 15) is 19.5 Å². The molecule has 7 atom stereocenters. The van der Waals surface area contributed by atoms with Crippen molar-refractivity contribution in [3.8, 4) is 11.5 Å². The Kier molecular flexibility index (Phi) is 4.13. The van der Waals surface area contributed by atoms with Crippen molar-refractivity contribution >= 4 is 34.9 Å². The fraction of sp³-hybridized carbons (Fsp3) is 0.476. The number of nitrogens with zero attached hydrogens (tertiary/aromatic N) is 1. The number of imide groups is 1. The molecule has 4 aliphatic rings. The van der Waals surface area contributed by atoms with Crippen LogP contribution in [-0.4, -0.2) is 38.8 Å². The van der Waals surface area contributed by atoms with Crippen molar-refractivity contribution in [2.45, 2.75) is 29.5 Å². The molecule has 10 heteroatoms. The number of fused-ring (bicyclic) bond motifs is 9. The van der Waals surface area contributed by atoms with Gasteiger partial charge in [-0.2, -0.15) is 0 Å². The summed E-state index contributed by atoms with van der Waals surface area (Å²) in [6, 6.07) is 5.32. The minimum absolute atomic E-state index is 0.0252. The van der Waals surface area contributed by atoms with E-state index < -0.39 is 0 Å². The first kappa shape index (κ1) is 19.4. The Balaban J connectivity index is 1.50. The fourth-order valence-electron chi connectivity index (χ4n) is 6.41. The van der Waals surface area contributed by atoms with E-state index in [-0.39, 0.29) is 63.2 Å². The topological polar surface area (TPSA) is 126 Å². The summed E-state index contributed by atoms with van der Waals surface area (Å²) in [6.45, 7) is 2.27. The molecule has 0 radical (unpaired) electrons. The third kappa shape index (κ3) is 2.49. The number of aromatic nitrogens is 1. The molecular weight excluding hydrogens is 438 g/mol. The van der Waals surface area contributed by atoms with Crippen molar-refractivity contribution in [2.75, 3.05) is 6.61 Å². The number of aromatic hydroxyl groups is 1. The van der Waals surface area contributed by atoms with E-state index in [1.807, 2.05) is 19.1 Å². The van der Waals surface area contributed by atoms with E-state index in [2.05, 4.69) is 4.98 Å². The molecule has 2 aliphatic carbocycles. The number of nitrogens with two attached hydrogens (primary N) is 1. The molecule has 31 heavy (non-hydrogen) atoms. The quantitative estimate of drug-likeness (QED) is 0.363. The van der Waals surface area contributed by atoms with Crippen LogP contribution < -0.4 is 15.5 Å². The molecule has 3 heterocycles. The largest absolute Gasteiger partial charge is 0.504 e. The summed E-state index contributed by atoms with van der Waals surface area (Å²) in [7, 11) is 0. The van der Waals surface area contributed by atoms with Gasteiger partial charge >= 0.3 is 4.87 Å². The molecule has 8 nitrogen and oxygen atoms in total. The molecular formula is C21H21N3O5S2. The number of rotatable bonds is 3. The van der Waals surface area contributed by atoms with Crippen molar-refractivity contribution in [3.05, 3.63) is 38.3 Å². The molecule has 4 N–H and O–H groups in total. The monoisotopic (exact) mass is 459 g/mol. The number of phenolic OH excluding ortho intramolecular Hbond substituents is 1. The van der Waals surface area contributed by atoms with Gasteiger partial charge in [-0.1, -0.05) is 17.4 Å². The third-order valence-electron chi connectivity index (χ3n) is 7.40. The van der Waals surface area contributed by atoms with Crippen molar-refractivity contribution < 1.29 is 19.4 Å². The van der Waals surface area contributed by atoms with Crippen molar-refractivity contribution in [2.24, 2.45) is 35.4 Å². The maximum Gasteiger partial charge on any atom is 0.305 e. The van der Waals surface area contributed by atoms with Gasteiger partial charge in [0.15, 0.2) is 11.5 Å². The number of hydrazine groups is 1. The lowest BCUT2D eigenvalue weighted by atomic mass is 9.68. The number of hydrogen-bond acceptors (Lipinski definition) is 8. The average molecular weight is 460 g/mol. The Morgan fingerprint density at radius 2 is 1.97 bits per heavy atom. The van der Waals surface area contributed by atoms with E-state index in [1.165, 1.54) is 11.3 Å². The van der Waals surface area contributed by atoms with Crippen molar-refractivity contribution in [1.29, 1.82) is 0 Å². The summed E-state index contributed by atoms with van der Waals surface area (Å²) in [5, 5.41) is 12.0. The SMILES string of the molecule is CCOc1cc([C@H]2c3sc(=O)[nH]c3S[C@@H]3[C@H]4C[C@@H]([C@H]5C(=O)N(N)C(=O)[C@H]45)[C@@H]23)ccc1O. The number of ether oxygens (including phenoxy) is 1. The Labute approximate surface area is 185 Å². The van der Waals surface area contributed by atoms with Gasteiger partial charge in [0.05, 0.1) is 23.5 Å². The third-order valence-corrected chi connectivity index (χ3v) is 9.99. The van der Waals surface area contributed by atoms with Gasteiger partial charge in [-0.05, 0) is 48.8 Å². The van der Waals surface area contributed by atoms with Gasteiger partial charge in [0.25, 0.3) is 0 Å². The molecule has 2 aliphatic heterocycles. The highest BCUT2D eigenvalue weighted by atomic mass is 32.2. The summed E-state index contributed by atoms with van der Waals surface area (Å²) in [4.78, 5) is 41.6. The summed E-state index contributed by atoms with van der Waals surface area (Å²) >= 11 is 2.83. The predicted octanol–water partition coefficient (Wildman–Crippen LogP) is 1.89. The van der Waals surface area contributed by atoms with Gasteiger partial charge in [-0.3, -0.25) is 14.4 Å². The minimum Gasteiger partial charge on any atom is -0.504 e. The molecule has 2 bridgehead atoms. The molecule has 162 valence electrons. The number of phenols is 1. The lowest BCUT2D eigenvalue weighted by Crippen LogP contribution is -2.42. The highest BCUT2D eigenvalue weighted by Gasteiger charge is 2.69. The number of benzene rings is 1. The van der Waals surface area contributed by atoms with Crippen LogP contribution in [0.15, 0.2) is 28.0 Å². The molecule has 2 aromatic rings. The van der Waals surface area contributed by atoms with Crippen molar-refractivity contribution in [1.82, 2.24) is 9.99 Å². The molecule has 1 aromatic carbocycles. The van der Waals surface area contributed by atoms with Crippen LogP contribution in [0.2, 0.25) is 0 Å². The summed E-state index contributed by atoms with van der Waals surface area (Å²) in [5.41, 5.74) is 0.943. The number of nitrogens with one attached hydrogen (secondary N) is 1. The lowest BCUT2D eigenvalue weighted by molar-refractivity contribution is -0.141. The summed E-state index contributed by atoms with van der Waals surface area (Å²) < 4.78 is 5.61. The first-order valence-electron chi connectivity index (χ1n) is 10.4. The van der Waals surface area contributed by atoms with Gasteiger partial charge in [-0.15, -0.1) is 11.8 Å². The van der Waals surface area contributed by atoms with Crippen LogP contribution in [0.5, 0.6) is 11.5 Å². The number of carbonyl (C=O) groups excluding carboxylic acids is 2. The van der Waals surface area contributed by atoms with Crippen LogP contribution in [0, 0.1) is 29.6 Å². The zero-order valence-electron chi connectivity index (χ0n) is 16.6. The minimum atomic E-state index is -0.382. The molecule has 0 spiro atoms. The van der Waals surface area contributed by atoms with Crippen molar-refractivity contribution in [3.63, 3.8) is 0 Å². The molecule has 1 aromatic heterocycles. The predicted molar refractivity (Wildman–Crippen MR) is 114 cm³/mol. The first-order chi connectivity index (χ1) is 14.9. The molecule has 2 amide bonds. The van der Waals surface area contributed by atoms with Gasteiger partial charge in [0.2, 0.25) is 11.8 Å². The number of amides is 2. The van der Waals surface area contributed by atoms with Gasteiger partial charge in [0, 0.05) is 16.0 Å². The second-order valence-corrected chi connectivity index (χ2v) is 10.9. The number of thiazole rings is 1. The maximum atomic E-state index is 12.8. The van der Waals surface area contributed by atoms with E-state index in [1.54, 1.807) is 17.8 Å². The first-order valence-corrected chi connectivity index (χ1v) is 12.1. The summed E-state index contributed by atoms with van der Waals surface area (Å²) in [5.74, 6) is 5.03. The molecule has 1 saturated heterocycles. The maximum absolute atomic E-state index is 12.8. The second-order valence-electron chi connectivity index (χ2n) is 8.67. The molecule has 0 unspecified atom stereocenters. The van der Waals surface area contributed by atoms with Crippen LogP contribution in [0.25, 0.3) is 0 Å². The second kappa shape index (κ2) is 6.60. The van der Waals surface area contributed by atoms with Crippen LogP contribution in [0.1, 0.15) is 29.7 Å². The average Bonchev–Trinajstić information content (AvgIpc) is 3.46. The van der Waals surface area contributed by atoms with Crippen LogP contribution >= 0.6 is 23.1 Å². The van der Waals surface area contributed by atoms with E-state index >= 15 is 0 Å². The highest BCUT2D eigenvalue weighted by Crippen LogP contribution is 2.68. The number of H-pyrrole nitrogens is 1. The van der Waals surface area contributed by atoms with E-state index in [0.717, 1.165) is 26.9 Å². The van der Waals surface area contributed by atoms with Gasteiger partial charge in [-0.25, -0.2) is 10.9 Å². The Morgan fingerprint density at radius 1 is 1.23 bits per heavy atom. The summed E-state index contributed by atoms with van der Waals surface area (Å²) in [6.07, 6.45) is 0.815. The highest BCUT2D eigenvalue weighted by molar-refractivity contribution is 8.00. The fourth-order valence-corrected chi connectivity index (χ4v) is 9.30. The van der Waals surface area contributed by atoms with Gasteiger partial charge in [0.1, 0.15) is 0 Å². The van der Waals surface area contributed by atoms with Gasteiger partial charge < -0.3 is 14.8 Å². The number of thioether (sulfide) groups is 1. The Morgan fingerprint density at radius 3 is 2.71 bits per heavy atom. The Hall–Kier alpha value is -2.30. The smallest absolute Gasteiger partial charge is 0.305 e. The number of aromatic amines is 1. The van der Waals surface area contributed by atoms with E-state index in [4.69, 9.17) is 10.6 Å². The number of carbonyl (C=O) groups is 2. The van der Waals surface area contributed by atoms with E-state index in [0.29, 0.717) is 12.4 Å². The number of hydrogen-bond donors (Lipinski definition) is 3. The molecule has 6 rings (SSSR count). The Bertz CT molecular complexity index is 1180. The lowest BCUT2D eigenvalue weighted by Gasteiger charge is -2.43. The standard InChI is InChI=1S/C21H21N3O5S2/c1-2-29-11-5-7(3-4-10(11)25)12-13-8-6-9(15-14(8)19(26)24(22)20(15)27)16(13)30-18-17(12)31-21(28)23-18/h3-5,8-9,12-16,25H,2,6,22H2,1H3,(H,23,28)/t8-,9+,12-,13+,14-,15-,16-/m1/s1. The zero-order chi connectivity index (χ0) is 21.6. The van der Waals surface area contributed by atoms with Crippen LogP contribution in [0.3, 0.4) is 0 Å². The zero-order valence-corrected chi connectivity index (χ0v) is 18.2. The molecule has 2 saturated carbocycles. The van der Waals surface area contributed by atoms with Crippen LogP contribution in [-0.2, 0) is 9.59 Å².